The maximum atomic E-state index is 13.2. The Labute approximate surface area is 841 Å². The van der Waals surface area contributed by atoms with Crippen molar-refractivity contribution in [1.82, 2.24) is 29.5 Å². The van der Waals surface area contributed by atoms with Crippen LogP contribution in [0.5, 0.6) is 46.0 Å². The molecule has 32 nitrogen and oxygen atoms in total. The van der Waals surface area contributed by atoms with Gasteiger partial charge in [-0.05, 0) is 182 Å². The molecule has 0 aliphatic heterocycles. The Morgan fingerprint density at radius 2 is 0.736 bits per heavy atom. The topological polar surface area (TPSA) is 453 Å². The van der Waals surface area contributed by atoms with Crippen LogP contribution in [-0.4, -0.2) is 193 Å². The fourth-order valence-electron chi connectivity index (χ4n) is 15.7. The summed E-state index contributed by atoms with van der Waals surface area (Å²) in [5, 5.41) is 40.8. The van der Waals surface area contributed by atoms with Crippen LogP contribution in [0.2, 0.25) is 0 Å². The minimum Gasteiger partial charge on any atom is -0.493 e. The molecule has 0 fully saturated rings. The predicted octanol–water partition coefficient (Wildman–Crippen LogP) is 16.6. The molecule has 13 aromatic rings. The molecule has 0 amide bonds. The van der Waals surface area contributed by atoms with Gasteiger partial charge < -0.3 is 66.1 Å². The van der Waals surface area contributed by atoms with Crippen LogP contribution in [0.4, 0.5) is 17.1 Å². The third kappa shape index (κ3) is 31.8. The molecule has 0 unspecified atom stereocenters. The van der Waals surface area contributed by atoms with Gasteiger partial charge >= 0.3 is 12.8 Å². The number of hydrogen-bond donors (Lipinski definition) is 4. The number of methoxy groups -OCH3 is 4. The van der Waals surface area contributed by atoms with E-state index >= 15 is 0 Å². The maximum absolute atomic E-state index is 13.2. The summed E-state index contributed by atoms with van der Waals surface area (Å²) in [7, 11) is -8.65. The van der Waals surface area contributed by atoms with Gasteiger partial charge in [0.2, 0.25) is 0 Å². The van der Waals surface area contributed by atoms with Crippen LogP contribution in [0.1, 0.15) is 113 Å². The molecule has 5 aromatic heterocycles. The van der Waals surface area contributed by atoms with Crippen LogP contribution in [0.15, 0.2) is 228 Å². The molecular formula is C101H118BBrN9O23S4W-. The smallest absolute Gasteiger partial charge is 0.488 e. The zero-order valence-corrected chi connectivity index (χ0v) is 88.8. The van der Waals surface area contributed by atoms with Gasteiger partial charge in [-0.3, -0.25) is 39.7 Å². The van der Waals surface area contributed by atoms with Crippen LogP contribution in [0.25, 0.3) is 44.5 Å². The number of nitrogen functional groups attached to an aromatic ring is 1. The summed E-state index contributed by atoms with van der Waals surface area (Å²) in [5.74, 6) is 2.11. The largest absolute Gasteiger partial charge is 0.493 e. The number of fused-ring (bicyclic) bond motifs is 1. The third-order valence-corrected chi connectivity index (χ3v) is 27.0. The number of rotatable bonds is 37. The van der Waals surface area contributed by atoms with Gasteiger partial charge in [0, 0.05) is 134 Å². The SMILES string of the molecule is CCOc1cc([C@@H](CS(C)(=O)=O)n2c(=O)[nH]c3c(C)c(-c4ccccc4)cnc32)ccc1OC.CCOc1cc([C@H](Cc2ncc(-c3ccccc3)c(C)c2N)CS(C)(=O)=O)ccc1OC.CCOc1cc([C@H](Cc2ncc(-c3ccccc3)c(C)c2[N+](=O)[O-])CS(C)(=O)=O)ccc1OC.CCOc1cc([C@H](Cc2ncc(Br)c(C)c2[N+](=O)[O-])CS(C)(=O)=O)ccc1OC.OB(O)c1ccccc1.[CH3-].[W]. The molecule has 0 aliphatic carbocycles. The third-order valence-electron chi connectivity index (χ3n) is 22.2. The van der Waals surface area contributed by atoms with E-state index in [-0.39, 0.29) is 93.0 Å². The van der Waals surface area contributed by atoms with Gasteiger partial charge in [-0.25, -0.2) is 43.4 Å². The number of nitrogens with one attached hydrogen (secondary N) is 1. The monoisotopic (exact) mass is 2230 g/mol. The van der Waals surface area contributed by atoms with E-state index < -0.39 is 79.9 Å². The average molecular weight is 2230 g/mol. The number of benzene rings is 8. The second kappa shape index (κ2) is 52.7. The van der Waals surface area contributed by atoms with Crippen molar-refractivity contribution in [2.75, 3.05) is 109 Å². The normalized spacial score (nSPS) is 12.0. The summed E-state index contributed by atoms with van der Waals surface area (Å²) in [4.78, 5) is 56.7. The summed E-state index contributed by atoms with van der Waals surface area (Å²) in [6.45, 7) is 16.3. The first-order valence-electron chi connectivity index (χ1n) is 43.7. The van der Waals surface area contributed by atoms with Gasteiger partial charge in [0.1, 0.15) is 50.7 Å². The van der Waals surface area contributed by atoms with Crippen molar-refractivity contribution in [2.45, 2.75) is 98.4 Å². The maximum Gasteiger partial charge on any atom is 0.488 e. The minimum absolute atomic E-state index is 0. The predicted molar refractivity (Wildman–Crippen MR) is 549 cm³/mol. The van der Waals surface area contributed by atoms with Crippen molar-refractivity contribution < 1.29 is 113 Å². The number of nitrogens with two attached hydrogens (primary N) is 1. The molecule has 0 spiro atoms. The van der Waals surface area contributed by atoms with Gasteiger partial charge in [-0.15, -0.1) is 0 Å². The standard InChI is InChI=1S/C25H27N3O5S.C25H28N2O6S.C25H30N2O4S.C19H23BrN2O6S.C6H7BO2.CH3.W/c1-5-33-22-13-18(11-12-21(22)32-3)20(15-34(4,30)31)28-24-23(27-25(28)29)16(2)19(14-26-24)17-9-7-6-8-10-17;1-5-33-24-14-19(11-12-23(24)32-3)20(16-34(4,30)31)13-22-25(27(28)29)17(2)21(15-26-22)18-9-7-6-8-10-18;1-5-31-24-14-19(11-12-23(24)30-3)20(16-32(4,28)29)13-22-25(26)17(2)21(15-27-22)18-9-7-6-8-10-18;1-5-28-18-9-13(6-7-17(18)27-3)14(11-29(4,25)26)8-16-19(22(23)24)12(2)15(20)10-21-16;8-7(9)6-4-2-1-3-5-6;;/h6-14,20H,5,15H2,1-4H3,(H,27,29);6-12,14-15,20H,5,13,16H2,1-4H3;6-12,14-15,20H,5,13,16,26H2,1-4H3;6-7,9-10,14H,5,8,11H2,1-4H3;1-5,8-9H;1H3;/q;;;;;-1;/t3*20-;14-;;;/m1111.../s1. The molecule has 0 saturated carbocycles. The molecule has 8 aromatic carbocycles. The average Bonchev–Trinajstić information content (AvgIpc) is 1.60. The first-order valence-corrected chi connectivity index (χ1v) is 52.8. The molecule has 39 heteroatoms. The Balaban J connectivity index is 0.000000245. The molecular weight excluding hydrogens is 2110 g/mol. The summed E-state index contributed by atoms with van der Waals surface area (Å²) in [5.41, 5.74) is 20.0. The minimum atomic E-state index is -3.46. The van der Waals surface area contributed by atoms with Crippen molar-refractivity contribution in [3.05, 3.63) is 323 Å². The number of hydrogen-bond acceptors (Lipinski definition) is 28. The molecule has 5 N–H and O–H groups in total. The van der Waals surface area contributed by atoms with E-state index in [1.54, 1.807) is 118 Å². The van der Waals surface area contributed by atoms with Crippen LogP contribution < -0.4 is 54.8 Å². The number of aromatic nitrogens is 6. The number of aromatic amines is 1. The van der Waals surface area contributed by atoms with Crippen molar-refractivity contribution >= 4 is 96.1 Å². The molecule has 0 aliphatic rings. The zero-order chi connectivity index (χ0) is 101. The van der Waals surface area contributed by atoms with Gasteiger partial charge in [-0.1, -0.05) is 146 Å². The van der Waals surface area contributed by atoms with Gasteiger partial charge in [-0.2, -0.15) is 0 Å². The van der Waals surface area contributed by atoms with Crippen molar-refractivity contribution in [2.24, 2.45) is 0 Å². The van der Waals surface area contributed by atoms with Crippen LogP contribution in [0.3, 0.4) is 0 Å². The number of H-pyrrole nitrogens is 1. The number of nitrogens with zero attached hydrogens (tertiary/aromatic N) is 7. The number of aryl methyl sites for hydroxylation is 1. The zero-order valence-electron chi connectivity index (χ0n) is 81.0. The quantitative estimate of drug-likeness (QED) is 0.0122. The number of halogens is 1. The Hall–Kier alpha value is -12.4. The Bertz CT molecular complexity index is 6950. The number of sulfone groups is 4. The second-order valence-corrected chi connectivity index (χ2v) is 42.0. The van der Waals surface area contributed by atoms with E-state index in [2.05, 4.69) is 40.8 Å². The molecule has 0 saturated heterocycles. The van der Waals surface area contributed by atoms with Crippen LogP contribution in [-0.2, 0) is 79.7 Å². The number of imidazole rings is 1. The number of nitro groups is 2. The van der Waals surface area contributed by atoms with E-state index in [4.69, 9.17) is 53.7 Å². The second-order valence-electron chi connectivity index (χ2n) is 32.4. The van der Waals surface area contributed by atoms with Gasteiger partial charge in [0.05, 0.1) is 111 Å². The molecule has 5 heterocycles. The van der Waals surface area contributed by atoms with Gasteiger partial charge in [0.15, 0.2) is 51.6 Å². The summed E-state index contributed by atoms with van der Waals surface area (Å²) < 4.78 is 144. The molecule has 13 rings (SSSR count). The first kappa shape index (κ1) is 115. The van der Waals surface area contributed by atoms with E-state index in [0.29, 0.717) is 145 Å². The summed E-state index contributed by atoms with van der Waals surface area (Å²) in [6.07, 6.45) is 11.9. The molecule has 0 bridgehead atoms. The summed E-state index contributed by atoms with van der Waals surface area (Å²) >= 11 is 3.26. The van der Waals surface area contributed by atoms with E-state index in [1.807, 2.05) is 157 Å². The van der Waals surface area contributed by atoms with Crippen molar-refractivity contribution in [3.8, 4) is 79.4 Å². The molecule has 140 heavy (non-hydrogen) atoms. The summed E-state index contributed by atoms with van der Waals surface area (Å²) in [6, 6.07) is 57.9. The first-order chi connectivity index (χ1) is 65.5. The molecule has 746 valence electrons. The fraction of sp³-hybridized carbons (Fsp3) is 0.307. The van der Waals surface area contributed by atoms with Crippen LogP contribution >= 0.6 is 15.9 Å². The Morgan fingerprint density at radius 1 is 0.429 bits per heavy atom. The molecule has 0 radical (unpaired) electrons. The number of ether oxygens (including phenoxy) is 8. The van der Waals surface area contributed by atoms with E-state index in [9.17, 15) is 58.7 Å². The van der Waals surface area contributed by atoms with Crippen molar-refractivity contribution in [1.29, 1.82) is 0 Å². The number of pyridine rings is 4. The Kier molecular flexibility index (Phi) is 43.1. The van der Waals surface area contributed by atoms with Crippen LogP contribution in [0, 0.1) is 55.4 Å². The van der Waals surface area contributed by atoms with E-state index in [0.717, 1.165) is 63.3 Å². The van der Waals surface area contributed by atoms with Gasteiger partial charge in [0.25, 0.3) is 11.4 Å². The number of anilines is 1. The Morgan fingerprint density at radius 3 is 1.07 bits per heavy atom. The van der Waals surface area contributed by atoms with Crippen molar-refractivity contribution in [3.63, 3.8) is 0 Å². The van der Waals surface area contributed by atoms with E-state index in [1.165, 1.54) is 38.3 Å². The molecule has 4 atom stereocenters. The fourth-order valence-corrected chi connectivity index (χ4v) is 20.1.